The highest BCUT2D eigenvalue weighted by atomic mass is 16.3. The molecule has 0 amide bonds. The van der Waals surface area contributed by atoms with E-state index in [1.807, 2.05) is 23.9 Å². The molecule has 2 N–H and O–H groups in total. The Labute approximate surface area is 115 Å². The second-order valence-electron chi connectivity index (χ2n) is 5.95. The lowest BCUT2D eigenvalue weighted by Crippen LogP contribution is -2.51. The molecule has 1 aromatic rings. The topological polar surface area (TPSA) is 61.0 Å². The molecule has 0 aromatic carbocycles. The third-order valence-electron chi connectivity index (χ3n) is 4.24. The molecular weight excluding hydrogens is 238 g/mol. The van der Waals surface area contributed by atoms with Gasteiger partial charge in [-0.05, 0) is 30.4 Å². The molecule has 2 rings (SSSR count). The van der Waals surface area contributed by atoms with Crippen LogP contribution in [0.4, 0.5) is 0 Å². The maximum absolute atomic E-state index is 9.72. The number of hydrogen-bond donors (Lipinski definition) is 2. The van der Waals surface area contributed by atoms with E-state index in [9.17, 15) is 5.11 Å². The lowest BCUT2D eigenvalue weighted by molar-refractivity contribution is 0.0982. The van der Waals surface area contributed by atoms with Crippen LogP contribution in [0.15, 0.2) is 12.3 Å². The zero-order valence-corrected chi connectivity index (χ0v) is 11.8. The molecule has 1 saturated carbocycles. The molecule has 1 aliphatic carbocycles. The summed E-state index contributed by atoms with van der Waals surface area (Å²) in [5.41, 5.74) is 1.64. The van der Waals surface area contributed by atoms with Gasteiger partial charge in [-0.25, -0.2) is 0 Å². The Kier molecular flexibility index (Phi) is 4.28. The van der Waals surface area contributed by atoms with Gasteiger partial charge in [-0.2, -0.15) is 5.26 Å². The van der Waals surface area contributed by atoms with Gasteiger partial charge in [0.15, 0.2) is 0 Å². The molecule has 0 spiro atoms. The molecule has 2 atom stereocenters. The van der Waals surface area contributed by atoms with Crippen LogP contribution in [-0.4, -0.2) is 21.8 Å². The molecule has 19 heavy (non-hydrogen) atoms. The smallest absolute Gasteiger partial charge is 0.120 e. The largest absolute Gasteiger partial charge is 0.394 e. The van der Waals surface area contributed by atoms with Crippen LogP contribution in [0.1, 0.15) is 43.9 Å². The van der Waals surface area contributed by atoms with Crippen molar-refractivity contribution < 1.29 is 5.11 Å². The summed E-state index contributed by atoms with van der Waals surface area (Å²) in [6, 6.07) is 4.08. The third kappa shape index (κ3) is 3.17. The zero-order valence-electron chi connectivity index (χ0n) is 11.8. The van der Waals surface area contributed by atoms with Crippen molar-refractivity contribution in [3.05, 3.63) is 23.5 Å². The van der Waals surface area contributed by atoms with Crippen molar-refractivity contribution in [3.8, 4) is 6.07 Å². The van der Waals surface area contributed by atoms with Crippen LogP contribution in [0.25, 0.3) is 0 Å². The van der Waals surface area contributed by atoms with Gasteiger partial charge in [-0.3, -0.25) is 0 Å². The van der Waals surface area contributed by atoms with E-state index < -0.39 is 0 Å². The molecule has 1 fully saturated rings. The Bertz CT molecular complexity index is 474. The lowest BCUT2D eigenvalue weighted by Gasteiger charge is -2.39. The van der Waals surface area contributed by atoms with Gasteiger partial charge in [0.1, 0.15) is 11.8 Å². The van der Waals surface area contributed by atoms with Crippen LogP contribution < -0.4 is 5.32 Å². The SMILES string of the molecule is CC1CCCC(CO)(NCc2cc(C#N)n(C)c2)C1. The van der Waals surface area contributed by atoms with Crippen molar-refractivity contribution in [2.24, 2.45) is 13.0 Å². The second kappa shape index (κ2) is 5.77. The number of nitrogens with one attached hydrogen (secondary N) is 1. The average Bonchev–Trinajstić information content (AvgIpc) is 2.77. The molecule has 0 radical (unpaired) electrons. The molecule has 1 heterocycles. The Hall–Kier alpha value is -1.31. The van der Waals surface area contributed by atoms with E-state index >= 15 is 0 Å². The fraction of sp³-hybridized carbons (Fsp3) is 0.667. The molecule has 1 aromatic heterocycles. The summed E-state index contributed by atoms with van der Waals surface area (Å²) in [7, 11) is 1.88. The van der Waals surface area contributed by atoms with E-state index in [0.717, 1.165) is 18.4 Å². The van der Waals surface area contributed by atoms with E-state index in [0.29, 0.717) is 18.2 Å². The standard InChI is InChI=1S/C15H23N3O/c1-12-4-3-5-15(7-12,11-19)17-9-13-6-14(8-16)18(2)10-13/h6,10,12,17,19H,3-5,7,9,11H2,1-2H3. The summed E-state index contributed by atoms with van der Waals surface area (Å²) in [6.45, 7) is 3.15. The molecule has 1 aliphatic rings. The van der Waals surface area contributed by atoms with E-state index in [1.165, 1.54) is 12.8 Å². The molecule has 0 bridgehead atoms. The number of aliphatic hydroxyl groups excluding tert-OH is 1. The number of aryl methyl sites for hydroxylation is 1. The second-order valence-corrected chi connectivity index (χ2v) is 5.95. The summed E-state index contributed by atoms with van der Waals surface area (Å²) in [6.07, 6.45) is 6.47. The number of aromatic nitrogens is 1. The first-order valence-electron chi connectivity index (χ1n) is 7.00. The maximum atomic E-state index is 9.72. The van der Waals surface area contributed by atoms with E-state index in [4.69, 9.17) is 5.26 Å². The van der Waals surface area contributed by atoms with Gasteiger partial charge in [0.2, 0.25) is 0 Å². The minimum Gasteiger partial charge on any atom is -0.394 e. The highest BCUT2D eigenvalue weighted by Gasteiger charge is 2.33. The van der Waals surface area contributed by atoms with Crippen molar-refractivity contribution in [2.75, 3.05) is 6.61 Å². The van der Waals surface area contributed by atoms with Gasteiger partial charge >= 0.3 is 0 Å². The highest BCUT2D eigenvalue weighted by Crippen LogP contribution is 2.32. The first-order valence-corrected chi connectivity index (χ1v) is 7.00. The minimum atomic E-state index is -0.139. The Balaban J connectivity index is 2.01. The van der Waals surface area contributed by atoms with Gasteiger partial charge in [-0.1, -0.05) is 19.8 Å². The highest BCUT2D eigenvalue weighted by molar-refractivity contribution is 5.28. The molecule has 0 aliphatic heterocycles. The fourth-order valence-corrected chi connectivity index (χ4v) is 3.15. The monoisotopic (exact) mass is 261 g/mol. The van der Waals surface area contributed by atoms with Crippen LogP contribution in [-0.2, 0) is 13.6 Å². The zero-order chi connectivity index (χ0) is 13.9. The number of nitrogens with zero attached hydrogens (tertiary/aromatic N) is 2. The molecule has 104 valence electrons. The summed E-state index contributed by atoms with van der Waals surface area (Å²) in [5.74, 6) is 0.666. The third-order valence-corrected chi connectivity index (χ3v) is 4.24. The normalized spacial score (nSPS) is 27.2. The van der Waals surface area contributed by atoms with Crippen molar-refractivity contribution in [1.82, 2.24) is 9.88 Å². The van der Waals surface area contributed by atoms with Crippen LogP contribution in [0, 0.1) is 17.2 Å². The molecular formula is C15H23N3O. The summed E-state index contributed by atoms with van der Waals surface area (Å²) in [4.78, 5) is 0. The number of rotatable bonds is 4. The number of aliphatic hydroxyl groups is 1. The predicted molar refractivity (Wildman–Crippen MR) is 74.4 cm³/mol. The fourth-order valence-electron chi connectivity index (χ4n) is 3.15. The van der Waals surface area contributed by atoms with Gasteiger partial charge in [0.05, 0.1) is 6.61 Å². The van der Waals surface area contributed by atoms with Crippen molar-refractivity contribution in [2.45, 2.75) is 44.7 Å². The van der Waals surface area contributed by atoms with Gasteiger partial charge in [-0.15, -0.1) is 0 Å². The van der Waals surface area contributed by atoms with Gasteiger partial charge in [0.25, 0.3) is 0 Å². The molecule has 2 unspecified atom stereocenters. The quantitative estimate of drug-likeness (QED) is 0.870. The van der Waals surface area contributed by atoms with Crippen LogP contribution >= 0.6 is 0 Å². The first kappa shape index (κ1) is 14.1. The molecule has 4 nitrogen and oxygen atoms in total. The predicted octanol–water partition coefficient (Wildman–Crippen LogP) is 1.93. The van der Waals surface area contributed by atoms with Crippen LogP contribution in [0.5, 0.6) is 0 Å². The van der Waals surface area contributed by atoms with Crippen LogP contribution in [0.3, 0.4) is 0 Å². The number of nitriles is 1. The Morgan fingerprint density at radius 1 is 1.63 bits per heavy atom. The summed E-state index contributed by atoms with van der Waals surface area (Å²) >= 11 is 0. The number of hydrogen-bond acceptors (Lipinski definition) is 3. The first-order chi connectivity index (χ1) is 9.08. The van der Waals surface area contributed by atoms with Crippen molar-refractivity contribution in [1.29, 1.82) is 5.26 Å². The van der Waals surface area contributed by atoms with Crippen LogP contribution in [0.2, 0.25) is 0 Å². The van der Waals surface area contributed by atoms with Crippen molar-refractivity contribution in [3.63, 3.8) is 0 Å². The van der Waals surface area contributed by atoms with Gasteiger partial charge in [0, 0.05) is 25.3 Å². The molecule has 4 heteroatoms. The van der Waals surface area contributed by atoms with Gasteiger partial charge < -0.3 is 15.0 Å². The molecule has 0 saturated heterocycles. The average molecular weight is 261 g/mol. The maximum Gasteiger partial charge on any atom is 0.120 e. The van der Waals surface area contributed by atoms with Crippen molar-refractivity contribution >= 4 is 0 Å². The minimum absolute atomic E-state index is 0.139. The Morgan fingerprint density at radius 3 is 3.00 bits per heavy atom. The van der Waals surface area contributed by atoms with E-state index in [2.05, 4.69) is 18.3 Å². The van der Waals surface area contributed by atoms with E-state index in [-0.39, 0.29) is 12.1 Å². The Morgan fingerprint density at radius 2 is 2.42 bits per heavy atom. The lowest BCUT2D eigenvalue weighted by atomic mass is 9.77. The summed E-state index contributed by atoms with van der Waals surface area (Å²) < 4.78 is 1.84. The van der Waals surface area contributed by atoms with E-state index in [1.54, 1.807) is 0 Å². The summed E-state index contributed by atoms with van der Waals surface area (Å²) in [5, 5.41) is 22.2.